The van der Waals surface area contributed by atoms with Crippen molar-refractivity contribution in [2.24, 2.45) is 0 Å². The monoisotopic (exact) mass is 323 g/mol. The van der Waals surface area contributed by atoms with E-state index in [-0.39, 0.29) is 5.41 Å². The Morgan fingerprint density at radius 2 is 1.62 bits per heavy atom. The molecule has 1 aliphatic heterocycles. The van der Waals surface area contributed by atoms with Gasteiger partial charge in [0.15, 0.2) is 0 Å². The Balaban J connectivity index is 1.68. The zero-order chi connectivity index (χ0) is 17.2. The molecule has 0 bridgehead atoms. The first-order valence-corrected chi connectivity index (χ1v) is 8.97. The molecular formula is C22H29NO. The molecule has 24 heavy (non-hydrogen) atoms. The number of rotatable bonds is 3. The van der Waals surface area contributed by atoms with Crippen molar-refractivity contribution < 1.29 is 5.11 Å². The smallest absolute Gasteiger partial charge is 0.0921 e. The summed E-state index contributed by atoms with van der Waals surface area (Å²) in [6, 6.07) is 19.1. The average Bonchev–Trinajstić information content (AvgIpc) is 2.57. The SMILES string of the molecule is CC(C)(C)c1cccc(C2(O)CCN(Cc3ccccc3)CC2)c1. The third-order valence-electron chi connectivity index (χ3n) is 5.20. The van der Waals surface area contributed by atoms with E-state index in [1.54, 1.807) is 0 Å². The summed E-state index contributed by atoms with van der Waals surface area (Å²) in [6.45, 7) is 9.51. The number of nitrogens with zero attached hydrogens (tertiary/aromatic N) is 1. The minimum absolute atomic E-state index is 0.111. The first kappa shape index (κ1) is 17.2. The van der Waals surface area contributed by atoms with Crippen LogP contribution >= 0.6 is 0 Å². The van der Waals surface area contributed by atoms with E-state index < -0.39 is 5.60 Å². The minimum atomic E-state index is -0.686. The molecule has 0 saturated carbocycles. The van der Waals surface area contributed by atoms with Gasteiger partial charge in [0.1, 0.15) is 0 Å². The lowest BCUT2D eigenvalue weighted by Crippen LogP contribution is -2.42. The van der Waals surface area contributed by atoms with Gasteiger partial charge in [-0.2, -0.15) is 0 Å². The van der Waals surface area contributed by atoms with E-state index in [2.05, 4.69) is 80.3 Å². The summed E-state index contributed by atoms with van der Waals surface area (Å²) < 4.78 is 0. The molecule has 2 nitrogen and oxygen atoms in total. The highest BCUT2D eigenvalue weighted by Crippen LogP contribution is 2.35. The van der Waals surface area contributed by atoms with Crippen molar-refractivity contribution in [3.63, 3.8) is 0 Å². The van der Waals surface area contributed by atoms with Crippen LogP contribution < -0.4 is 0 Å². The molecule has 0 aromatic heterocycles. The van der Waals surface area contributed by atoms with Crippen molar-refractivity contribution in [2.45, 2.75) is 51.2 Å². The van der Waals surface area contributed by atoms with Crippen molar-refractivity contribution in [2.75, 3.05) is 13.1 Å². The van der Waals surface area contributed by atoms with Gasteiger partial charge in [0.25, 0.3) is 0 Å². The first-order chi connectivity index (χ1) is 11.4. The summed E-state index contributed by atoms with van der Waals surface area (Å²) >= 11 is 0. The molecule has 1 aliphatic rings. The molecule has 2 aromatic rings. The maximum Gasteiger partial charge on any atom is 0.0921 e. The van der Waals surface area contributed by atoms with Crippen LogP contribution in [0.2, 0.25) is 0 Å². The van der Waals surface area contributed by atoms with Gasteiger partial charge in [0.2, 0.25) is 0 Å². The first-order valence-electron chi connectivity index (χ1n) is 8.97. The molecule has 0 atom stereocenters. The van der Waals surface area contributed by atoms with E-state index in [1.807, 2.05) is 0 Å². The Bertz CT molecular complexity index is 664. The Hall–Kier alpha value is -1.64. The Morgan fingerprint density at radius 1 is 0.958 bits per heavy atom. The molecule has 128 valence electrons. The molecular weight excluding hydrogens is 294 g/mol. The lowest BCUT2D eigenvalue weighted by atomic mass is 9.80. The number of likely N-dealkylation sites (tertiary alicyclic amines) is 1. The highest BCUT2D eigenvalue weighted by atomic mass is 16.3. The van der Waals surface area contributed by atoms with Gasteiger partial charge in [-0.3, -0.25) is 4.90 Å². The zero-order valence-corrected chi connectivity index (χ0v) is 15.1. The van der Waals surface area contributed by atoms with Crippen LogP contribution in [-0.2, 0) is 17.6 Å². The van der Waals surface area contributed by atoms with E-state index in [9.17, 15) is 5.11 Å². The summed E-state index contributed by atoms with van der Waals surface area (Å²) in [5, 5.41) is 11.2. The number of aliphatic hydroxyl groups is 1. The number of benzene rings is 2. The Morgan fingerprint density at radius 3 is 2.25 bits per heavy atom. The van der Waals surface area contributed by atoms with E-state index in [4.69, 9.17) is 0 Å². The highest BCUT2D eigenvalue weighted by Gasteiger charge is 2.34. The predicted octanol–water partition coefficient (Wildman–Crippen LogP) is 4.47. The quantitative estimate of drug-likeness (QED) is 0.901. The second-order valence-corrected chi connectivity index (χ2v) is 8.12. The van der Waals surface area contributed by atoms with Gasteiger partial charge in [0, 0.05) is 19.6 Å². The molecule has 0 unspecified atom stereocenters. The van der Waals surface area contributed by atoms with Crippen LogP contribution in [0.5, 0.6) is 0 Å². The van der Waals surface area contributed by atoms with Gasteiger partial charge in [-0.1, -0.05) is 75.4 Å². The van der Waals surface area contributed by atoms with Crippen molar-refractivity contribution in [1.29, 1.82) is 0 Å². The molecule has 3 rings (SSSR count). The average molecular weight is 323 g/mol. The summed E-state index contributed by atoms with van der Waals surface area (Å²) in [4.78, 5) is 2.44. The number of hydrogen-bond donors (Lipinski definition) is 1. The fourth-order valence-electron chi connectivity index (χ4n) is 3.49. The van der Waals surface area contributed by atoms with Crippen LogP contribution in [0, 0.1) is 0 Å². The minimum Gasteiger partial charge on any atom is -0.385 e. The molecule has 1 fully saturated rings. The lowest BCUT2D eigenvalue weighted by molar-refractivity contribution is -0.0278. The lowest BCUT2D eigenvalue weighted by Gasteiger charge is -2.39. The van der Waals surface area contributed by atoms with Crippen LogP contribution in [0.1, 0.15) is 50.3 Å². The summed E-state index contributed by atoms with van der Waals surface area (Å²) in [5.74, 6) is 0. The summed E-state index contributed by atoms with van der Waals surface area (Å²) in [6.07, 6.45) is 1.60. The fraction of sp³-hybridized carbons (Fsp3) is 0.455. The van der Waals surface area contributed by atoms with Crippen molar-refractivity contribution in [3.05, 3.63) is 71.3 Å². The van der Waals surface area contributed by atoms with Gasteiger partial charge in [-0.05, 0) is 34.9 Å². The van der Waals surface area contributed by atoms with E-state index >= 15 is 0 Å². The van der Waals surface area contributed by atoms with Crippen molar-refractivity contribution in [1.82, 2.24) is 4.90 Å². The molecule has 2 heteroatoms. The molecule has 1 saturated heterocycles. The third-order valence-corrected chi connectivity index (χ3v) is 5.20. The molecule has 0 aliphatic carbocycles. The molecule has 1 N–H and O–H groups in total. The third kappa shape index (κ3) is 3.88. The maximum absolute atomic E-state index is 11.2. The summed E-state index contributed by atoms with van der Waals surface area (Å²) in [7, 11) is 0. The normalized spacial score (nSPS) is 18.5. The highest BCUT2D eigenvalue weighted by molar-refractivity contribution is 5.32. The molecule has 0 amide bonds. The van der Waals surface area contributed by atoms with Gasteiger partial charge in [-0.15, -0.1) is 0 Å². The van der Waals surface area contributed by atoms with Crippen molar-refractivity contribution >= 4 is 0 Å². The largest absolute Gasteiger partial charge is 0.385 e. The molecule has 1 heterocycles. The molecule has 0 spiro atoms. The second-order valence-electron chi connectivity index (χ2n) is 8.12. The van der Waals surface area contributed by atoms with Crippen LogP contribution in [-0.4, -0.2) is 23.1 Å². The van der Waals surface area contributed by atoms with Crippen LogP contribution in [0.3, 0.4) is 0 Å². The van der Waals surface area contributed by atoms with Crippen LogP contribution in [0.4, 0.5) is 0 Å². The van der Waals surface area contributed by atoms with Gasteiger partial charge in [0.05, 0.1) is 5.60 Å². The van der Waals surface area contributed by atoms with Gasteiger partial charge < -0.3 is 5.11 Å². The standard InChI is InChI=1S/C22H29NO/c1-21(2,3)19-10-7-11-20(16-19)22(24)12-14-23(15-13-22)17-18-8-5-4-6-9-18/h4-11,16,24H,12-15,17H2,1-3H3. The van der Waals surface area contributed by atoms with Crippen LogP contribution in [0.25, 0.3) is 0 Å². The van der Waals surface area contributed by atoms with E-state index in [1.165, 1.54) is 11.1 Å². The molecule has 0 radical (unpaired) electrons. The molecule has 2 aromatic carbocycles. The predicted molar refractivity (Wildman–Crippen MR) is 100.0 cm³/mol. The van der Waals surface area contributed by atoms with E-state index in [0.29, 0.717) is 0 Å². The zero-order valence-electron chi connectivity index (χ0n) is 15.1. The Kier molecular flexibility index (Phi) is 4.80. The topological polar surface area (TPSA) is 23.5 Å². The number of piperidine rings is 1. The maximum atomic E-state index is 11.2. The van der Waals surface area contributed by atoms with Gasteiger partial charge in [-0.25, -0.2) is 0 Å². The van der Waals surface area contributed by atoms with Crippen molar-refractivity contribution in [3.8, 4) is 0 Å². The van der Waals surface area contributed by atoms with Crippen LogP contribution in [0.15, 0.2) is 54.6 Å². The second kappa shape index (κ2) is 6.70. The summed E-state index contributed by atoms with van der Waals surface area (Å²) in [5.41, 5.74) is 3.14. The van der Waals surface area contributed by atoms with E-state index in [0.717, 1.165) is 38.0 Å². The fourth-order valence-corrected chi connectivity index (χ4v) is 3.49. The Labute approximate surface area is 146 Å². The number of hydrogen-bond acceptors (Lipinski definition) is 2. The van der Waals surface area contributed by atoms with Gasteiger partial charge >= 0.3 is 0 Å².